The summed E-state index contributed by atoms with van der Waals surface area (Å²) in [6.07, 6.45) is 1.45. The lowest BCUT2D eigenvalue weighted by Crippen LogP contribution is -2.41. The monoisotopic (exact) mass is 386 g/mol. The predicted molar refractivity (Wildman–Crippen MR) is 88.2 cm³/mol. The van der Waals surface area contributed by atoms with Gasteiger partial charge in [-0.15, -0.1) is 5.10 Å². The van der Waals surface area contributed by atoms with Crippen molar-refractivity contribution >= 4 is 27.7 Å². The van der Waals surface area contributed by atoms with E-state index in [0.29, 0.717) is 11.1 Å². The van der Waals surface area contributed by atoms with E-state index in [1.54, 1.807) is 48.5 Å². The predicted octanol–water partition coefficient (Wildman–Crippen LogP) is 1.50. The Morgan fingerprint density at radius 1 is 0.875 bits per heavy atom. The number of tetrazole rings is 1. The van der Waals surface area contributed by atoms with Crippen molar-refractivity contribution in [2.75, 3.05) is 0 Å². The molecule has 0 bridgehead atoms. The first-order valence-electron chi connectivity index (χ1n) is 6.83. The Labute approximate surface area is 145 Å². The number of amides is 2. The van der Waals surface area contributed by atoms with Crippen LogP contribution in [-0.2, 0) is 0 Å². The van der Waals surface area contributed by atoms with Gasteiger partial charge in [-0.25, -0.2) is 4.68 Å². The fourth-order valence-electron chi connectivity index (χ4n) is 1.90. The number of nitrogens with zero attached hydrogens (tertiary/aromatic N) is 4. The number of carbonyl (C=O) groups excluding carboxylic acids is 2. The summed E-state index contributed by atoms with van der Waals surface area (Å²) in [5.74, 6) is -0.829. The summed E-state index contributed by atoms with van der Waals surface area (Å²) in [7, 11) is 0. The van der Waals surface area contributed by atoms with Crippen LogP contribution in [0.1, 0.15) is 20.7 Å². The van der Waals surface area contributed by atoms with Gasteiger partial charge in [0, 0.05) is 15.6 Å². The van der Waals surface area contributed by atoms with Gasteiger partial charge in [-0.1, -0.05) is 15.9 Å². The number of aromatic nitrogens is 4. The number of hydrogen-bond donors (Lipinski definition) is 2. The van der Waals surface area contributed by atoms with Crippen LogP contribution in [0.15, 0.2) is 59.3 Å². The van der Waals surface area contributed by atoms with Gasteiger partial charge in [-0.2, -0.15) is 0 Å². The van der Waals surface area contributed by atoms with E-state index in [2.05, 4.69) is 42.3 Å². The minimum atomic E-state index is -0.427. The molecule has 8 nitrogen and oxygen atoms in total. The highest BCUT2D eigenvalue weighted by molar-refractivity contribution is 9.10. The topological polar surface area (TPSA) is 102 Å². The number of nitrogens with one attached hydrogen (secondary N) is 2. The van der Waals surface area contributed by atoms with Crippen LogP contribution in [-0.4, -0.2) is 32.0 Å². The van der Waals surface area contributed by atoms with Crippen LogP contribution >= 0.6 is 15.9 Å². The molecule has 0 aliphatic rings. The molecule has 1 aromatic heterocycles. The molecular weight excluding hydrogens is 376 g/mol. The molecule has 3 rings (SSSR count). The normalized spacial score (nSPS) is 10.2. The first-order chi connectivity index (χ1) is 11.6. The van der Waals surface area contributed by atoms with Crippen LogP contribution in [0.2, 0.25) is 0 Å². The Morgan fingerprint density at radius 2 is 1.42 bits per heavy atom. The van der Waals surface area contributed by atoms with Gasteiger partial charge in [0.05, 0.1) is 5.69 Å². The molecule has 0 atom stereocenters. The number of rotatable bonds is 3. The van der Waals surface area contributed by atoms with Crippen LogP contribution in [0, 0.1) is 0 Å². The molecule has 1 heterocycles. The Balaban J connectivity index is 1.60. The molecule has 0 saturated heterocycles. The summed E-state index contributed by atoms with van der Waals surface area (Å²) in [4.78, 5) is 24.0. The quantitative estimate of drug-likeness (QED) is 0.664. The second kappa shape index (κ2) is 7.01. The van der Waals surface area contributed by atoms with Gasteiger partial charge >= 0.3 is 0 Å². The van der Waals surface area contributed by atoms with E-state index in [4.69, 9.17) is 0 Å². The number of hydrogen-bond acceptors (Lipinski definition) is 5. The molecule has 0 aliphatic carbocycles. The molecule has 0 saturated carbocycles. The minimum absolute atomic E-state index is 0.392. The number of benzene rings is 2. The molecule has 0 unspecified atom stereocenters. The first kappa shape index (κ1) is 15.8. The van der Waals surface area contributed by atoms with E-state index in [0.717, 1.165) is 10.2 Å². The summed E-state index contributed by atoms with van der Waals surface area (Å²) in [6.45, 7) is 0. The van der Waals surface area contributed by atoms with Crippen molar-refractivity contribution < 1.29 is 9.59 Å². The van der Waals surface area contributed by atoms with E-state index in [1.807, 2.05) is 0 Å². The highest BCUT2D eigenvalue weighted by Crippen LogP contribution is 2.10. The highest BCUT2D eigenvalue weighted by Gasteiger charge is 2.09. The lowest BCUT2D eigenvalue weighted by molar-refractivity contribution is 0.0846. The van der Waals surface area contributed by atoms with Crippen LogP contribution < -0.4 is 10.9 Å². The Bertz CT molecular complexity index is 847. The van der Waals surface area contributed by atoms with Crippen molar-refractivity contribution in [2.24, 2.45) is 0 Å². The first-order valence-corrected chi connectivity index (χ1v) is 7.62. The number of hydrazine groups is 1. The fourth-order valence-corrected chi connectivity index (χ4v) is 2.17. The molecule has 2 N–H and O–H groups in total. The fraction of sp³-hybridized carbons (Fsp3) is 0. The Hall–Kier alpha value is -3.07. The smallest absolute Gasteiger partial charge is 0.267 e. The standard InChI is InChI=1S/C15H11BrN6O2/c16-12-5-1-10(2-6-12)14(23)18-19-15(24)11-3-7-13(8-4-11)22-9-17-20-21-22/h1-9H,(H,18,23)(H,19,24). The average Bonchev–Trinajstić information content (AvgIpc) is 3.15. The zero-order chi connectivity index (χ0) is 16.9. The van der Waals surface area contributed by atoms with Gasteiger partial charge in [-0.3, -0.25) is 20.4 Å². The molecule has 9 heteroatoms. The van der Waals surface area contributed by atoms with Crippen molar-refractivity contribution in [1.82, 2.24) is 31.1 Å². The molecular formula is C15H11BrN6O2. The van der Waals surface area contributed by atoms with Crippen molar-refractivity contribution in [3.05, 3.63) is 70.5 Å². The van der Waals surface area contributed by atoms with Gasteiger partial charge in [-0.05, 0) is 59.0 Å². The lowest BCUT2D eigenvalue weighted by atomic mass is 10.2. The minimum Gasteiger partial charge on any atom is -0.267 e. The van der Waals surface area contributed by atoms with E-state index in [-0.39, 0.29) is 0 Å². The molecule has 0 radical (unpaired) electrons. The summed E-state index contributed by atoms with van der Waals surface area (Å²) >= 11 is 3.29. The maximum atomic E-state index is 12.1. The number of carbonyl (C=O) groups is 2. The second-order valence-electron chi connectivity index (χ2n) is 4.72. The molecule has 0 aliphatic heterocycles. The summed E-state index contributed by atoms with van der Waals surface area (Å²) in [5, 5.41) is 10.8. The van der Waals surface area contributed by atoms with Gasteiger partial charge in [0.25, 0.3) is 11.8 Å². The SMILES string of the molecule is O=C(NNC(=O)c1ccc(-n2cnnn2)cc1)c1ccc(Br)cc1. The van der Waals surface area contributed by atoms with E-state index in [9.17, 15) is 9.59 Å². The second-order valence-corrected chi connectivity index (χ2v) is 5.63. The summed E-state index contributed by atoms with van der Waals surface area (Å²) in [5.41, 5.74) is 6.28. The molecule has 3 aromatic rings. The third-order valence-corrected chi connectivity index (χ3v) is 3.67. The molecule has 24 heavy (non-hydrogen) atoms. The maximum Gasteiger partial charge on any atom is 0.269 e. The van der Waals surface area contributed by atoms with Crippen LogP contribution in [0.5, 0.6) is 0 Å². The molecule has 120 valence electrons. The largest absolute Gasteiger partial charge is 0.269 e. The van der Waals surface area contributed by atoms with Gasteiger partial charge < -0.3 is 0 Å². The maximum absolute atomic E-state index is 12.1. The molecule has 2 amide bonds. The zero-order valence-corrected chi connectivity index (χ0v) is 13.8. The average molecular weight is 387 g/mol. The van der Waals surface area contributed by atoms with Crippen molar-refractivity contribution in [3.8, 4) is 5.69 Å². The van der Waals surface area contributed by atoms with E-state index >= 15 is 0 Å². The molecule has 0 fully saturated rings. The molecule has 2 aromatic carbocycles. The lowest BCUT2D eigenvalue weighted by Gasteiger charge is -2.08. The highest BCUT2D eigenvalue weighted by atomic mass is 79.9. The van der Waals surface area contributed by atoms with Crippen LogP contribution in [0.3, 0.4) is 0 Å². The zero-order valence-electron chi connectivity index (χ0n) is 12.2. The van der Waals surface area contributed by atoms with Crippen molar-refractivity contribution in [2.45, 2.75) is 0 Å². The van der Waals surface area contributed by atoms with Gasteiger partial charge in [0.2, 0.25) is 0 Å². The Kier molecular flexibility index (Phi) is 4.62. The molecule has 0 spiro atoms. The van der Waals surface area contributed by atoms with Crippen LogP contribution in [0.4, 0.5) is 0 Å². The Morgan fingerprint density at radius 3 is 1.92 bits per heavy atom. The van der Waals surface area contributed by atoms with Crippen molar-refractivity contribution in [3.63, 3.8) is 0 Å². The van der Waals surface area contributed by atoms with E-state index < -0.39 is 11.8 Å². The van der Waals surface area contributed by atoms with Crippen molar-refractivity contribution in [1.29, 1.82) is 0 Å². The van der Waals surface area contributed by atoms with Gasteiger partial charge in [0.1, 0.15) is 6.33 Å². The van der Waals surface area contributed by atoms with Gasteiger partial charge in [0.15, 0.2) is 0 Å². The van der Waals surface area contributed by atoms with Crippen LogP contribution in [0.25, 0.3) is 5.69 Å². The third kappa shape index (κ3) is 3.63. The number of halogens is 1. The summed E-state index contributed by atoms with van der Waals surface area (Å²) in [6, 6.07) is 13.4. The van der Waals surface area contributed by atoms with E-state index in [1.165, 1.54) is 11.0 Å². The summed E-state index contributed by atoms with van der Waals surface area (Å²) < 4.78 is 2.34. The third-order valence-electron chi connectivity index (χ3n) is 3.14.